The van der Waals surface area contributed by atoms with Crippen molar-refractivity contribution < 1.29 is 14.6 Å². The molecule has 3 N–H and O–H groups in total. The largest absolute Gasteiger partial charge is 0.506 e. The first kappa shape index (κ1) is 15.5. The van der Waals surface area contributed by atoms with E-state index in [-0.39, 0.29) is 5.75 Å². The Bertz CT molecular complexity index is 475. The van der Waals surface area contributed by atoms with Crippen molar-refractivity contribution in [3.63, 3.8) is 0 Å². The van der Waals surface area contributed by atoms with Gasteiger partial charge in [0.05, 0.1) is 17.0 Å². The van der Waals surface area contributed by atoms with Crippen LogP contribution in [-0.2, 0) is 9.53 Å². The molecule has 0 bridgehead atoms. The van der Waals surface area contributed by atoms with Crippen LogP contribution < -0.4 is 5.73 Å². The lowest BCUT2D eigenvalue weighted by Gasteiger charge is -2.29. The highest BCUT2D eigenvalue weighted by Gasteiger charge is 2.38. The van der Waals surface area contributed by atoms with E-state index < -0.39 is 17.4 Å². The zero-order valence-corrected chi connectivity index (χ0v) is 13.5. The van der Waals surface area contributed by atoms with Crippen LogP contribution >= 0.6 is 31.9 Å². The molecule has 1 aromatic carbocycles. The zero-order valence-electron chi connectivity index (χ0n) is 10.3. The molecule has 0 saturated heterocycles. The molecule has 0 aromatic heterocycles. The van der Waals surface area contributed by atoms with E-state index in [1.54, 1.807) is 26.0 Å². The number of carbonyl (C=O) groups excluding carboxylic acids is 1. The fourth-order valence-corrected chi connectivity index (χ4v) is 2.86. The number of esters is 1. The Kier molecular flexibility index (Phi) is 4.80. The van der Waals surface area contributed by atoms with Gasteiger partial charge in [0, 0.05) is 16.1 Å². The molecule has 1 rings (SSSR count). The molecular weight excluding hydrogens is 366 g/mol. The fourth-order valence-electron chi connectivity index (χ4n) is 1.60. The second-order valence-corrected chi connectivity index (χ2v) is 6.29. The topological polar surface area (TPSA) is 72.5 Å². The van der Waals surface area contributed by atoms with Crippen LogP contribution in [0.1, 0.15) is 25.5 Å². The van der Waals surface area contributed by atoms with E-state index in [0.717, 1.165) is 4.47 Å². The van der Waals surface area contributed by atoms with Crippen molar-refractivity contribution in [1.29, 1.82) is 0 Å². The number of benzene rings is 1. The van der Waals surface area contributed by atoms with Crippen molar-refractivity contribution in [2.24, 2.45) is 11.1 Å². The minimum atomic E-state index is -0.938. The summed E-state index contributed by atoms with van der Waals surface area (Å²) in [5, 5.41) is 10.0. The normalized spacial score (nSPS) is 13.2. The summed E-state index contributed by atoms with van der Waals surface area (Å²) in [5.41, 5.74) is 5.63. The first-order chi connectivity index (χ1) is 8.21. The van der Waals surface area contributed by atoms with Gasteiger partial charge < -0.3 is 15.6 Å². The lowest BCUT2D eigenvalue weighted by atomic mass is 9.81. The predicted octanol–water partition coefficient (Wildman–Crippen LogP) is 3.12. The van der Waals surface area contributed by atoms with Crippen molar-refractivity contribution in [2.45, 2.75) is 19.9 Å². The maximum absolute atomic E-state index is 11.7. The van der Waals surface area contributed by atoms with E-state index in [1.165, 1.54) is 7.11 Å². The first-order valence-electron chi connectivity index (χ1n) is 5.23. The highest BCUT2D eigenvalue weighted by Crippen LogP contribution is 2.41. The predicted molar refractivity (Wildman–Crippen MR) is 76.2 cm³/mol. The number of hydrogen-bond donors (Lipinski definition) is 2. The fraction of sp³-hybridized carbons (Fsp3) is 0.417. The van der Waals surface area contributed by atoms with Crippen molar-refractivity contribution in [2.75, 3.05) is 7.11 Å². The molecule has 0 radical (unpaired) electrons. The highest BCUT2D eigenvalue weighted by molar-refractivity contribution is 9.11. The molecule has 100 valence electrons. The molecular formula is C12H15Br2NO3. The van der Waals surface area contributed by atoms with E-state index in [2.05, 4.69) is 31.9 Å². The Labute approximate surface area is 123 Å². The second kappa shape index (κ2) is 5.59. The number of phenolic OH excluding ortho intramolecular Hbond substituents is 1. The number of methoxy groups -OCH3 is 1. The van der Waals surface area contributed by atoms with Crippen LogP contribution in [-0.4, -0.2) is 18.2 Å². The lowest BCUT2D eigenvalue weighted by Crippen LogP contribution is -2.37. The Balaban J connectivity index is 3.26. The Morgan fingerprint density at radius 1 is 1.44 bits per heavy atom. The van der Waals surface area contributed by atoms with E-state index in [1.807, 2.05) is 0 Å². The standard InChI is InChI=1S/C12H15Br2NO3/c1-12(2,11(17)18-3)10(15)7-4-6(13)5-8(14)9(7)16/h4-5,10,16H,15H2,1-3H3/t10-/m1/s1. The molecule has 0 amide bonds. The number of hydrogen-bond acceptors (Lipinski definition) is 4. The summed E-state index contributed by atoms with van der Waals surface area (Å²) in [5.74, 6) is -0.395. The monoisotopic (exact) mass is 379 g/mol. The van der Waals surface area contributed by atoms with E-state index in [9.17, 15) is 9.90 Å². The van der Waals surface area contributed by atoms with Gasteiger partial charge in [0.25, 0.3) is 0 Å². The number of rotatable bonds is 3. The molecule has 1 atom stereocenters. The van der Waals surface area contributed by atoms with E-state index >= 15 is 0 Å². The molecule has 0 saturated carbocycles. The van der Waals surface area contributed by atoms with Crippen molar-refractivity contribution in [3.05, 3.63) is 26.6 Å². The minimum absolute atomic E-state index is 0.0303. The van der Waals surface area contributed by atoms with Crippen molar-refractivity contribution in [1.82, 2.24) is 0 Å². The van der Waals surface area contributed by atoms with Crippen LogP contribution in [0.15, 0.2) is 21.1 Å². The number of ether oxygens (including phenoxy) is 1. The number of halogens is 2. The molecule has 0 fully saturated rings. The summed E-state index contributed by atoms with van der Waals surface area (Å²) >= 11 is 6.56. The Morgan fingerprint density at radius 3 is 2.50 bits per heavy atom. The maximum atomic E-state index is 11.7. The van der Waals surface area contributed by atoms with Gasteiger partial charge >= 0.3 is 5.97 Å². The summed E-state index contributed by atoms with van der Waals surface area (Å²) in [6, 6.07) is 2.71. The smallest absolute Gasteiger partial charge is 0.313 e. The van der Waals surface area contributed by atoms with Crippen molar-refractivity contribution in [3.8, 4) is 5.75 Å². The summed E-state index contributed by atoms with van der Waals surface area (Å²) < 4.78 is 6.01. The van der Waals surface area contributed by atoms with E-state index in [0.29, 0.717) is 10.0 Å². The maximum Gasteiger partial charge on any atom is 0.313 e. The van der Waals surface area contributed by atoms with Crippen LogP contribution in [0, 0.1) is 5.41 Å². The van der Waals surface area contributed by atoms with Gasteiger partial charge in [-0.15, -0.1) is 0 Å². The van der Waals surface area contributed by atoms with E-state index in [4.69, 9.17) is 10.5 Å². The molecule has 0 aliphatic rings. The van der Waals surface area contributed by atoms with Crippen LogP contribution in [0.5, 0.6) is 5.75 Å². The summed E-state index contributed by atoms with van der Waals surface area (Å²) in [6.45, 7) is 3.36. The summed E-state index contributed by atoms with van der Waals surface area (Å²) in [4.78, 5) is 11.7. The average molecular weight is 381 g/mol. The number of nitrogens with two attached hydrogens (primary N) is 1. The van der Waals surface area contributed by atoms with Gasteiger partial charge in [-0.2, -0.15) is 0 Å². The molecule has 1 aromatic rings. The third-order valence-electron chi connectivity index (χ3n) is 2.88. The molecule has 0 aliphatic heterocycles. The molecule has 6 heteroatoms. The van der Waals surface area contributed by atoms with Gasteiger partial charge in [0.1, 0.15) is 5.75 Å². The number of phenols is 1. The third-order valence-corrected chi connectivity index (χ3v) is 3.94. The first-order valence-corrected chi connectivity index (χ1v) is 6.82. The van der Waals surface area contributed by atoms with Gasteiger partial charge in [-0.3, -0.25) is 4.79 Å². The number of aromatic hydroxyl groups is 1. The summed E-state index contributed by atoms with van der Waals surface area (Å²) in [6.07, 6.45) is 0. The second-order valence-electron chi connectivity index (χ2n) is 4.52. The van der Waals surface area contributed by atoms with Crippen LogP contribution in [0.2, 0.25) is 0 Å². The van der Waals surface area contributed by atoms with Crippen molar-refractivity contribution >= 4 is 37.8 Å². The SMILES string of the molecule is COC(=O)C(C)(C)[C@H](N)c1cc(Br)cc(Br)c1O. The molecule has 0 unspecified atom stereocenters. The van der Waals surface area contributed by atoms with Gasteiger partial charge in [-0.25, -0.2) is 0 Å². The van der Waals surface area contributed by atoms with Gasteiger partial charge in [0.2, 0.25) is 0 Å². The number of carbonyl (C=O) groups is 1. The Hall–Kier alpha value is -0.590. The lowest BCUT2D eigenvalue weighted by molar-refractivity contribution is -0.152. The molecule has 0 spiro atoms. The van der Waals surface area contributed by atoms with Gasteiger partial charge in [-0.1, -0.05) is 15.9 Å². The van der Waals surface area contributed by atoms with Crippen LogP contribution in [0.3, 0.4) is 0 Å². The minimum Gasteiger partial charge on any atom is -0.506 e. The van der Waals surface area contributed by atoms with Gasteiger partial charge in [0.15, 0.2) is 0 Å². The molecule has 18 heavy (non-hydrogen) atoms. The quantitative estimate of drug-likeness (QED) is 0.790. The highest BCUT2D eigenvalue weighted by atomic mass is 79.9. The molecule has 0 heterocycles. The molecule has 4 nitrogen and oxygen atoms in total. The van der Waals surface area contributed by atoms with Crippen LogP contribution in [0.25, 0.3) is 0 Å². The van der Waals surface area contributed by atoms with Gasteiger partial charge in [-0.05, 0) is 41.9 Å². The molecule has 0 aliphatic carbocycles. The zero-order chi connectivity index (χ0) is 14.1. The average Bonchev–Trinajstić information content (AvgIpc) is 2.31. The summed E-state index contributed by atoms with van der Waals surface area (Å²) in [7, 11) is 1.31. The third kappa shape index (κ3) is 2.87. The van der Waals surface area contributed by atoms with Crippen LogP contribution in [0.4, 0.5) is 0 Å². The Morgan fingerprint density at radius 2 is 2.00 bits per heavy atom.